The second kappa shape index (κ2) is 3.96. The van der Waals surface area contributed by atoms with Crippen LogP contribution in [0.15, 0.2) is 11.0 Å². The maximum atomic E-state index is 9.35. The van der Waals surface area contributed by atoms with Crippen LogP contribution in [-0.4, -0.2) is 4.98 Å². The minimum atomic E-state index is 0.683. The van der Waals surface area contributed by atoms with Gasteiger partial charge in [0.15, 0.2) is 0 Å². The van der Waals surface area contributed by atoms with E-state index in [4.69, 9.17) is 0 Å². The van der Waals surface area contributed by atoms with Gasteiger partial charge in [0.1, 0.15) is 11.1 Å². The first-order valence-corrected chi connectivity index (χ1v) is 7.15. The largest absolute Gasteiger partial charge is 0.241 e. The Morgan fingerprint density at radius 3 is 2.53 bits per heavy atom. The fourth-order valence-corrected chi connectivity index (χ4v) is 3.60. The number of rotatable bonds is 1. The van der Waals surface area contributed by atoms with Gasteiger partial charge in [0.05, 0.1) is 5.57 Å². The average molecular weight is 244 g/mol. The van der Waals surface area contributed by atoms with Gasteiger partial charge in [-0.2, -0.15) is 5.26 Å². The van der Waals surface area contributed by atoms with Gasteiger partial charge in [-0.1, -0.05) is 0 Å². The molecule has 0 unspecified atom stereocenters. The first kappa shape index (κ1) is 11.0. The summed E-state index contributed by atoms with van der Waals surface area (Å²) in [7, 11) is 0. The maximum absolute atomic E-state index is 9.35. The Morgan fingerprint density at radius 2 is 2.06 bits per heavy atom. The molecule has 1 aromatic rings. The predicted molar refractivity (Wildman–Crippen MR) is 69.5 cm³/mol. The molecule has 2 aliphatic carbocycles. The van der Waals surface area contributed by atoms with Crippen molar-refractivity contribution < 1.29 is 0 Å². The van der Waals surface area contributed by atoms with Crippen LogP contribution in [-0.2, 0) is 0 Å². The Labute approximate surface area is 106 Å². The smallest absolute Gasteiger partial charge is 0.134 e. The van der Waals surface area contributed by atoms with Crippen LogP contribution >= 0.6 is 11.3 Å². The van der Waals surface area contributed by atoms with E-state index in [1.54, 1.807) is 11.3 Å². The molecule has 2 fully saturated rings. The quantitative estimate of drug-likeness (QED) is 0.698. The molecule has 17 heavy (non-hydrogen) atoms. The number of thiazole rings is 1. The van der Waals surface area contributed by atoms with Gasteiger partial charge in [0, 0.05) is 11.1 Å². The molecule has 0 amide bonds. The molecule has 2 saturated carbocycles. The highest BCUT2D eigenvalue weighted by Crippen LogP contribution is 2.57. The molecular formula is C14H16N2S. The molecule has 88 valence electrons. The van der Waals surface area contributed by atoms with Gasteiger partial charge >= 0.3 is 0 Å². The van der Waals surface area contributed by atoms with Crippen molar-refractivity contribution in [3.63, 3.8) is 0 Å². The van der Waals surface area contributed by atoms with Crippen molar-refractivity contribution in [2.24, 2.45) is 5.41 Å². The Hall–Kier alpha value is -1.14. The van der Waals surface area contributed by atoms with E-state index >= 15 is 0 Å². The zero-order valence-corrected chi connectivity index (χ0v) is 10.9. The van der Waals surface area contributed by atoms with Crippen LogP contribution in [0.3, 0.4) is 0 Å². The van der Waals surface area contributed by atoms with Crippen molar-refractivity contribution in [3.05, 3.63) is 21.7 Å². The summed E-state index contributed by atoms with van der Waals surface area (Å²) in [6.45, 7) is 1.99. The highest BCUT2D eigenvalue weighted by Gasteiger charge is 2.44. The normalized spacial score (nSPS) is 21.3. The second-order valence-electron chi connectivity index (χ2n) is 5.38. The zero-order chi connectivity index (χ0) is 11.9. The lowest BCUT2D eigenvalue weighted by Gasteiger charge is -2.23. The van der Waals surface area contributed by atoms with E-state index in [1.165, 1.54) is 31.3 Å². The lowest BCUT2D eigenvalue weighted by molar-refractivity contribution is 0.388. The molecule has 2 aliphatic rings. The lowest BCUT2D eigenvalue weighted by Crippen LogP contribution is -2.09. The molecule has 3 heteroatoms. The third-order valence-electron chi connectivity index (χ3n) is 4.17. The molecule has 1 aromatic heterocycles. The first-order chi connectivity index (χ1) is 8.22. The number of nitrogens with zero attached hydrogens (tertiary/aromatic N) is 2. The van der Waals surface area contributed by atoms with Gasteiger partial charge in [0.2, 0.25) is 0 Å². The minimum absolute atomic E-state index is 0.683. The zero-order valence-electron chi connectivity index (χ0n) is 10.1. The van der Waals surface area contributed by atoms with Gasteiger partial charge in [0.25, 0.3) is 0 Å². The van der Waals surface area contributed by atoms with Crippen LogP contribution in [0.25, 0.3) is 5.57 Å². The number of allylic oxidation sites excluding steroid dienone is 2. The molecule has 0 N–H and O–H groups in total. The summed E-state index contributed by atoms with van der Waals surface area (Å²) in [6, 6.07) is 2.38. The van der Waals surface area contributed by atoms with Crippen molar-refractivity contribution in [3.8, 4) is 6.07 Å². The van der Waals surface area contributed by atoms with Crippen LogP contribution in [0, 0.1) is 23.7 Å². The third-order valence-corrected chi connectivity index (χ3v) is 5.15. The van der Waals surface area contributed by atoms with E-state index < -0.39 is 0 Å². The SMILES string of the molecule is Cc1csc(C(C#N)=C2CCC3(CC2)CC3)n1. The molecule has 3 rings (SSSR count). The fourth-order valence-electron chi connectivity index (χ4n) is 2.76. The van der Waals surface area contributed by atoms with Gasteiger partial charge in [-0.3, -0.25) is 0 Å². The van der Waals surface area contributed by atoms with Gasteiger partial charge in [-0.15, -0.1) is 11.3 Å². The molecule has 0 aliphatic heterocycles. The van der Waals surface area contributed by atoms with Crippen molar-refractivity contribution in [2.45, 2.75) is 45.4 Å². The molecule has 2 nitrogen and oxygen atoms in total. The van der Waals surface area contributed by atoms with Gasteiger partial charge < -0.3 is 0 Å². The average Bonchev–Trinajstić information content (AvgIpc) is 2.96. The number of aromatic nitrogens is 1. The summed E-state index contributed by atoms with van der Waals surface area (Å²) >= 11 is 1.60. The standard InChI is InChI=1S/C14H16N2S/c1-10-9-17-13(16-10)12(8-15)11-2-4-14(5-3-11)6-7-14/h9H,2-7H2,1H3. The molecule has 0 atom stereocenters. The number of hydrogen-bond acceptors (Lipinski definition) is 3. The van der Waals surface area contributed by atoms with Gasteiger partial charge in [-0.05, 0) is 56.4 Å². The van der Waals surface area contributed by atoms with Crippen LogP contribution in [0.2, 0.25) is 0 Å². The summed E-state index contributed by atoms with van der Waals surface area (Å²) in [5.41, 5.74) is 3.91. The molecule has 1 heterocycles. The molecule has 0 radical (unpaired) electrons. The Morgan fingerprint density at radius 1 is 1.35 bits per heavy atom. The molecule has 1 spiro atoms. The van der Waals surface area contributed by atoms with E-state index in [9.17, 15) is 5.26 Å². The molecular weight excluding hydrogens is 228 g/mol. The van der Waals surface area contributed by atoms with E-state index in [1.807, 2.05) is 12.3 Å². The second-order valence-corrected chi connectivity index (χ2v) is 6.24. The minimum Gasteiger partial charge on any atom is -0.241 e. The van der Waals surface area contributed by atoms with Crippen LogP contribution in [0.5, 0.6) is 0 Å². The topological polar surface area (TPSA) is 36.7 Å². The lowest BCUT2D eigenvalue weighted by atomic mass is 9.81. The van der Waals surface area contributed by atoms with E-state index in [0.29, 0.717) is 5.41 Å². The Kier molecular flexibility index (Phi) is 2.56. The highest BCUT2D eigenvalue weighted by atomic mass is 32.1. The summed E-state index contributed by atoms with van der Waals surface area (Å²) in [4.78, 5) is 4.45. The van der Waals surface area contributed by atoms with Crippen LogP contribution < -0.4 is 0 Å². The van der Waals surface area contributed by atoms with Gasteiger partial charge in [-0.25, -0.2) is 4.98 Å². The number of aryl methyl sites for hydroxylation is 1. The van der Waals surface area contributed by atoms with E-state index in [0.717, 1.165) is 29.1 Å². The van der Waals surface area contributed by atoms with Crippen LogP contribution in [0.4, 0.5) is 0 Å². The van der Waals surface area contributed by atoms with E-state index in [2.05, 4.69) is 11.1 Å². The van der Waals surface area contributed by atoms with Crippen molar-refractivity contribution in [1.29, 1.82) is 5.26 Å². The van der Waals surface area contributed by atoms with E-state index in [-0.39, 0.29) is 0 Å². The van der Waals surface area contributed by atoms with Crippen molar-refractivity contribution >= 4 is 16.9 Å². The summed E-state index contributed by atoms with van der Waals surface area (Å²) in [6.07, 6.45) is 7.63. The molecule has 0 aromatic carbocycles. The number of nitriles is 1. The maximum Gasteiger partial charge on any atom is 0.134 e. The van der Waals surface area contributed by atoms with Crippen LogP contribution in [0.1, 0.15) is 49.2 Å². The number of hydrogen-bond donors (Lipinski definition) is 0. The van der Waals surface area contributed by atoms with Crippen molar-refractivity contribution in [2.75, 3.05) is 0 Å². The third kappa shape index (κ3) is 2.02. The first-order valence-electron chi connectivity index (χ1n) is 6.27. The molecule has 0 saturated heterocycles. The summed E-state index contributed by atoms with van der Waals surface area (Å²) in [5.74, 6) is 0. The highest BCUT2D eigenvalue weighted by molar-refractivity contribution is 7.10. The fraction of sp³-hybridized carbons (Fsp3) is 0.571. The Bertz CT molecular complexity index is 503. The summed E-state index contributed by atoms with van der Waals surface area (Å²) in [5, 5.41) is 12.3. The van der Waals surface area contributed by atoms with Crippen molar-refractivity contribution in [1.82, 2.24) is 4.98 Å². The monoisotopic (exact) mass is 244 g/mol. The summed E-state index contributed by atoms with van der Waals surface area (Å²) < 4.78 is 0. The predicted octanol–water partition coefficient (Wildman–Crippen LogP) is 4.08. The Balaban J connectivity index is 1.87. The molecule has 0 bridgehead atoms.